The van der Waals surface area contributed by atoms with Gasteiger partial charge in [-0.05, 0) is 29.8 Å². The predicted octanol–water partition coefficient (Wildman–Crippen LogP) is 1.77. The van der Waals surface area contributed by atoms with Crippen molar-refractivity contribution in [2.45, 2.75) is 19.9 Å². The molecule has 72 valence electrons. The topological polar surface area (TPSA) is 44.1 Å². The van der Waals surface area contributed by atoms with E-state index in [1.54, 1.807) is 30.9 Å². The number of nitrogens with zero attached hydrogens (tertiary/aromatic N) is 2. The molecule has 0 saturated carbocycles. The van der Waals surface area contributed by atoms with Crippen LogP contribution in [0.5, 0.6) is 0 Å². The van der Waals surface area contributed by atoms with E-state index in [1.165, 1.54) is 0 Å². The average Bonchev–Trinajstić information content (AvgIpc) is 2.51. The number of carbonyl (C=O) groups is 1. The first kappa shape index (κ1) is 10.2. The van der Waals surface area contributed by atoms with E-state index in [4.69, 9.17) is 4.74 Å². The van der Waals surface area contributed by atoms with Crippen LogP contribution in [0.3, 0.4) is 0 Å². The highest BCUT2D eigenvalue weighted by Crippen LogP contribution is 2.12. The zero-order valence-corrected chi connectivity index (χ0v) is 9.11. The lowest BCUT2D eigenvalue weighted by Crippen LogP contribution is -2.19. The van der Waals surface area contributed by atoms with Crippen LogP contribution in [-0.2, 0) is 9.53 Å². The van der Waals surface area contributed by atoms with Crippen LogP contribution in [-0.4, -0.2) is 22.4 Å². The number of aromatic nitrogens is 2. The molecule has 1 rings (SSSR count). The number of hydrogen-bond acceptors (Lipinski definition) is 3. The van der Waals surface area contributed by atoms with Gasteiger partial charge >= 0.3 is 5.97 Å². The smallest absolute Gasteiger partial charge is 0.330 e. The number of rotatable bonds is 3. The van der Waals surface area contributed by atoms with Crippen molar-refractivity contribution in [1.82, 2.24) is 9.78 Å². The van der Waals surface area contributed by atoms with Gasteiger partial charge in [0, 0.05) is 6.20 Å². The molecular formula is C8H11BrN2O2. The monoisotopic (exact) mass is 246 g/mol. The number of hydrogen-bond donors (Lipinski definition) is 0. The molecule has 1 heterocycles. The second-order valence-electron chi connectivity index (χ2n) is 2.57. The van der Waals surface area contributed by atoms with Gasteiger partial charge in [0.1, 0.15) is 6.04 Å². The Morgan fingerprint density at radius 2 is 2.54 bits per heavy atom. The highest BCUT2D eigenvalue weighted by Gasteiger charge is 2.16. The van der Waals surface area contributed by atoms with Gasteiger partial charge in [-0.25, -0.2) is 4.79 Å². The molecule has 0 fully saturated rings. The number of ether oxygens (including phenoxy) is 1. The molecular weight excluding hydrogens is 236 g/mol. The van der Waals surface area contributed by atoms with Crippen LogP contribution >= 0.6 is 15.9 Å². The molecule has 0 aliphatic carbocycles. The fourth-order valence-electron chi connectivity index (χ4n) is 0.898. The lowest BCUT2D eigenvalue weighted by atomic mass is 10.3. The Kier molecular flexibility index (Phi) is 3.48. The van der Waals surface area contributed by atoms with Gasteiger partial charge in [0.05, 0.1) is 17.3 Å². The third-order valence-corrected chi connectivity index (χ3v) is 2.00. The van der Waals surface area contributed by atoms with Crippen molar-refractivity contribution >= 4 is 21.9 Å². The number of halogens is 1. The van der Waals surface area contributed by atoms with Crippen molar-refractivity contribution < 1.29 is 9.53 Å². The van der Waals surface area contributed by atoms with Gasteiger partial charge < -0.3 is 4.74 Å². The van der Waals surface area contributed by atoms with Gasteiger partial charge in [-0.15, -0.1) is 0 Å². The van der Waals surface area contributed by atoms with Gasteiger partial charge in [-0.3, -0.25) is 4.68 Å². The molecule has 0 amide bonds. The molecule has 1 aromatic rings. The summed E-state index contributed by atoms with van der Waals surface area (Å²) in [6.07, 6.45) is 3.37. The van der Waals surface area contributed by atoms with E-state index in [-0.39, 0.29) is 12.0 Å². The van der Waals surface area contributed by atoms with Gasteiger partial charge in [0.15, 0.2) is 0 Å². The fraction of sp³-hybridized carbons (Fsp3) is 0.500. The molecule has 0 bridgehead atoms. The molecule has 13 heavy (non-hydrogen) atoms. The minimum absolute atomic E-state index is 0.266. The summed E-state index contributed by atoms with van der Waals surface area (Å²) in [5, 5.41) is 3.99. The van der Waals surface area contributed by atoms with Crippen molar-refractivity contribution in [2.24, 2.45) is 0 Å². The molecule has 0 unspecified atom stereocenters. The summed E-state index contributed by atoms with van der Waals surface area (Å²) >= 11 is 3.25. The van der Waals surface area contributed by atoms with E-state index in [9.17, 15) is 4.79 Å². The van der Waals surface area contributed by atoms with Crippen LogP contribution in [0.15, 0.2) is 16.9 Å². The summed E-state index contributed by atoms with van der Waals surface area (Å²) in [5.41, 5.74) is 0. The maximum Gasteiger partial charge on any atom is 0.330 e. The summed E-state index contributed by atoms with van der Waals surface area (Å²) in [4.78, 5) is 11.3. The van der Waals surface area contributed by atoms with E-state index in [0.29, 0.717) is 6.61 Å². The molecule has 5 heteroatoms. The fourth-order valence-corrected chi connectivity index (χ4v) is 1.20. The van der Waals surface area contributed by atoms with Crippen LogP contribution in [0.2, 0.25) is 0 Å². The first-order chi connectivity index (χ1) is 6.15. The van der Waals surface area contributed by atoms with Crippen molar-refractivity contribution in [1.29, 1.82) is 0 Å². The van der Waals surface area contributed by atoms with E-state index >= 15 is 0 Å². The van der Waals surface area contributed by atoms with Gasteiger partial charge in [-0.1, -0.05) is 0 Å². The van der Waals surface area contributed by atoms with Gasteiger partial charge in [0.25, 0.3) is 0 Å². The highest BCUT2D eigenvalue weighted by atomic mass is 79.9. The van der Waals surface area contributed by atoms with Crippen LogP contribution < -0.4 is 0 Å². The summed E-state index contributed by atoms with van der Waals surface area (Å²) in [5.74, 6) is -0.266. The molecule has 0 N–H and O–H groups in total. The molecule has 0 radical (unpaired) electrons. The summed E-state index contributed by atoms with van der Waals surface area (Å²) < 4.78 is 7.26. The summed E-state index contributed by atoms with van der Waals surface area (Å²) in [6.45, 7) is 3.92. The van der Waals surface area contributed by atoms with E-state index in [2.05, 4.69) is 21.0 Å². The quantitative estimate of drug-likeness (QED) is 0.764. The zero-order chi connectivity index (χ0) is 9.84. The second-order valence-corrected chi connectivity index (χ2v) is 3.48. The molecule has 0 aromatic carbocycles. The Morgan fingerprint density at radius 3 is 3.00 bits per heavy atom. The van der Waals surface area contributed by atoms with Crippen LogP contribution in [0, 0.1) is 0 Å². The third-order valence-electron chi connectivity index (χ3n) is 1.59. The first-order valence-corrected chi connectivity index (χ1v) is 4.80. The molecule has 1 atom stereocenters. The van der Waals surface area contributed by atoms with Crippen LogP contribution in [0.1, 0.15) is 19.9 Å². The Balaban J connectivity index is 2.67. The van der Waals surface area contributed by atoms with E-state index in [0.717, 1.165) is 4.47 Å². The molecule has 0 spiro atoms. The highest BCUT2D eigenvalue weighted by molar-refractivity contribution is 9.10. The van der Waals surface area contributed by atoms with E-state index < -0.39 is 0 Å². The lowest BCUT2D eigenvalue weighted by Gasteiger charge is -2.09. The SMILES string of the molecule is CCOC(=O)[C@H](C)n1cc(Br)cn1. The average molecular weight is 247 g/mol. The Morgan fingerprint density at radius 1 is 1.85 bits per heavy atom. The Bertz CT molecular complexity index is 298. The largest absolute Gasteiger partial charge is 0.464 e. The summed E-state index contributed by atoms with van der Waals surface area (Å²) in [7, 11) is 0. The normalized spacial score (nSPS) is 12.5. The zero-order valence-electron chi connectivity index (χ0n) is 7.53. The maximum atomic E-state index is 11.3. The maximum absolute atomic E-state index is 11.3. The lowest BCUT2D eigenvalue weighted by molar-refractivity contribution is -0.146. The van der Waals surface area contributed by atoms with Crippen molar-refractivity contribution in [2.75, 3.05) is 6.61 Å². The predicted molar refractivity (Wildman–Crippen MR) is 51.3 cm³/mol. The Labute approximate surface area is 85.0 Å². The van der Waals surface area contributed by atoms with Crippen LogP contribution in [0.25, 0.3) is 0 Å². The molecule has 4 nitrogen and oxygen atoms in total. The minimum Gasteiger partial charge on any atom is -0.464 e. The second kappa shape index (κ2) is 4.41. The first-order valence-electron chi connectivity index (χ1n) is 4.01. The van der Waals surface area contributed by atoms with E-state index in [1.807, 2.05) is 0 Å². The summed E-state index contributed by atoms with van der Waals surface area (Å²) in [6, 6.07) is -0.369. The number of esters is 1. The standard InChI is InChI=1S/C8H11BrN2O2/c1-3-13-8(12)6(2)11-5-7(9)4-10-11/h4-6H,3H2,1-2H3/t6-/m0/s1. The van der Waals surface area contributed by atoms with Crippen molar-refractivity contribution in [3.63, 3.8) is 0 Å². The Hall–Kier alpha value is -0.840. The molecule has 0 aliphatic heterocycles. The molecule has 1 aromatic heterocycles. The third kappa shape index (κ3) is 2.55. The minimum atomic E-state index is -0.369. The molecule has 0 saturated heterocycles. The van der Waals surface area contributed by atoms with Crippen LogP contribution in [0.4, 0.5) is 0 Å². The van der Waals surface area contributed by atoms with Crippen molar-refractivity contribution in [3.8, 4) is 0 Å². The number of carbonyl (C=O) groups excluding carboxylic acids is 1. The van der Waals surface area contributed by atoms with Crippen molar-refractivity contribution in [3.05, 3.63) is 16.9 Å². The molecule has 0 aliphatic rings. The van der Waals surface area contributed by atoms with Gasteiger partial charge in [-0.2, -0.15) is 5.10 Å². The van der Waals surface area contributed by atoms with Gasteiger partial charge in [0.2, 0.25) is 0 Å².